The second-order valence-electron chi connectivity index (χ2n) is 5.14. The van der Waals surface area contributed by atoms with E-state index in [1.807, 2.05) is 17.0 Å². The molecule has 4 heteroatoms. The average Bonchev–Trinajstić information content (AvgIpc) is 3.07. The van der Waals surface area contributed by atoms with Gasteiger partial charge in [-0.25, -0.2) is 0 Å². The SMILES string of the molecule is CCN(C)CC1CCN(C(=O)C=Cc2ccco2)C1. The molecule has 19 heavy (non-hydrogen) atoms. The molecule has 1 amide bonds. The monoisotopic (exact) mass is 262 g/mol. The van der Waals surface area contributed by atoms with Crippen molar-refractivity contribution in [3.05, 3.63) is 30.2 Å². The summed E-state index contributed by atoms with van der Waals surface area (Å²) >= 11 is 0. The van der Waals surface area contributed by atoms with Gasteiger partial charge in [-0.1, -0.05) is 6.92 Å². The molecule has 1 saturated heterocycles. The molecule has 0 bridgehead atoms. The number of hydrogen-bond donors (Lipinski definition) is 0. The molecule has 1 aromatic heterocycles. The van der Waals surface area contributed by atoms with Crippen molar-refractivity contribution in [3.63, 3.8) is 0 Å². The highest BCUT2D eigenvalue weighted by Crippen LogP contribution is 2.17. The first-order valence-electron chi connectivity index (χ1n) is 6.88. The summed E-state index contributed by atoms with van der Waals surface area (Å²) in [5.74, 6) is 1.40. The van der Waals surface area contributed by atoms with E-state index in [2.05, 4.69) is 18.9 Å². The van der Waals surface area contributed by atoms with Crippen LogP contribution in [-0.4, -0.2) is 48.9 Å². The third-order valence-corrected chi connectivity index (χ3v) is 3.64. The molecule has 1 aliphatic rings. The fraction of sp³-hybridized carbons (Fsp3) is 0.533. The molecule has 2 heterocycles. The van der Waals surface area contributed by atoms with Crippen LogP contribution in [0.4, 0.5) is 0 Å². The number of carbonyl (C=O) groups excluding carboxylic acids is 1. The van der Waals surface area contributed by atoms with Crippen LogP contribution >= 0.6 is 0 Å². The molecule has 104 valence electrons. The van der Waals surface area contributed by atoms with Crippen molar-refractivity contribution >= 4 is 12.0 Å². The van der Waals surface area contributed by atoms with E-state index in [0.717, 1.165) is 38.4 Å². The van der Waals surface area contributed by atoms with Gasteiger partial charge in [-0.15, -0.1) is 0 Å². The standard InChI is InChI=1S/C15H22N2O2/c1-3-16(2)11-13-8-9-17(12-13)15(18)7-6-14-5-4-10-19-14/h4-7,10,13H,3,8-9,11-12H2,1-2H3. The van der Waals surface area contributed by atoms with Crippen LogP contribution in [0.3, 0.4) is 0 Å². The van der Waals surface area contributed by atoms with Gasteiger partial charge < -0.3 is 14.2 Å². The molecule has 0 aliphatic carbocycles. The van der Waals surface area contributed by atoms with E-state index in [0.29, 0.717) is 5.92 Å². The van der Waals surface area contributed by atoms with Crippen molar-refractivity contribution in [2.75, 3.05) is 33.2 Å². The number of carbonyl (C=O) groups is 1. The Morgan fingerprint density at radius 3 is 3.16 bits per heavy atom. The smallest absolute Gasteiger partial charge is 0.246 e. The summed E-state index contributed by atoms with van der Waals surface area (Å²) in [6.07, 6.45) is 6.04. The summed E-state index contributed by atoms with van der Waals surface area (Å²) in [7, 11) is 2.13. The molecule has 0 spiro atoms. The minimum atomic E-state index is 0.0815. The molecule has 0 saturated carbocycles. The number of furan rings is 1. The second kappa shape index (κ2) is 6.57. The molecule has 1 aromatic rings. The van der Waals surface area contributed by atoms with Gasteiger partial charge in [0.15, 0.2) is 0 Å². The molecule has 0 aromatic carbocycles. The first kappa shape index (κ1) is 13.9. The first-order valence-corrected chi connectivity index (χ1v) is 6.88. The number of hydrogen-bond acceptors (Lipinski definition) is 3. The zero-order valence-corrected chi connectivity index (χ0v) is 11.7. The zero-order chi connectivity index (χ0) is 13.7. The average molecular weight is 262 g/mol. The van der Waals surface area contributed by atoms with Crippen molar-refractivity contribution in [3.8, 4) is 0 Å². The molecule has 0 N–H and O–H groups in total. The minimum absolute atomic E-state index is 0.0815. The van der Waals surface area contributed by atoms with E-state index < -0.39 is 0 Å². The van der Waals surface area contributed by atoms with Crippen molar-refractivity contribution in [2.45, 2.75) is 13.3 Å². The van der Waals surface area contributed by atoms with E-state index in [1.165, 1.54) is 0 Å². The molecular weight excluding hydrogens is 240 g/mol. The van der Waals surface area contributed by atoms with Crippen molar-refractivity contribution in [2.24, 2.45) is 5.92 Å². The summed E-state index contributed by atoms with van der Waals surface area (Å²) in [5, 5.41) is 0. The van der Waals surface area contributed by atoms with Gasteiger partial charge in [-0.2, -0.15) is 0 Å². The van der Waals surface area contributed by atoms with Gasteiger partial charge in [0.2, 0.25) is 5.91 Å². The molecule has 0 radical (unpaired) electrons. The third kappa shape index (κ3) is 3.96. The molecular formula is C15H22N2O2. The number of likely N-dealkylation sites (tertiary alicyclic amines) is 1. The molecule has 1 fully saturated rings. The van der Waals surface area contributed by atoms with Gasteiger partial charge in [0.1, 0.15) is 5.76 Å². The Morgan fingerprint density at radius 2 is 2.47 bits per heavy atom. The fourth-order valence-electron chi connectivity index (χ4n) is 2.40. The van der Waals surface area contributed by atoms with Crippen LogP contribution in [0.1, 0.15) is 19.1 Å². The van der Waals surface area contributed by atoms with Crippen LogP contribution in [0, 0.1) is 5.92 Å². The summed E-state index contributed by atoms with van der Waals surface area (Å²) in [6, 6.07) is 3.66. The predicted octanol–water partition coefficient (Wildman–Crippen LogP) is 2.09. The Morgan fingerprint density at radius 1 is 1.63 bits per heavy atom. The highest BCUT2D eigenvalue weighted by molar-refractivity contribution is 5.91. The maximum atomic E-state index is 12.0. The van der Waals surface area contributed by atoms with Gasteiger partial charge in [-0.05, 0) is 44.1 Å². The molecule has 4 nitrogen and oxygen atoms in total. The molecule has 1 atom stereocenters. The number of amides is 1. The highest BCUT2D eigenvalue weighted by Gasteiger charge is 2.25. The van der Waals surface area contributed by atoms with E-state index in [-0.39, 0.29) is 5.91 Å². The summed E-state index contributed by atoms with van der Waals surface area (Å²) in [6.45, 7) is 6.02. The highest BCUT2D eigenvalue weighted by atomic mass is 16.3. The van der Waals surface area contributed by atoms with E-state index in [1.54, 1.807) is 18.4 Å². The Kier molecular flexibility index (Phi) is 4.80. The topological polar surface area (TPSA) is 36.7 Å². The van der Waals surface area contributed by atoms with Crippen LogP contribution in [0.5, 0.6) is 0 Å². The maximum Gasteiger partial charge on any atom is 0.246 e. The van der Waals surface area contributed by atoms with Crippen LogP contribution in [0.15, 0.2) is 28.9 Å². The Hall–Kier alpha value is -1.55. The lowest BCUT2D eigenvalue weighted by Gasteiger charge is -2.19. The van der Waals surface area contributed by atoms with Crippen LogP contribution in [0.25, 0.3) is 6.08 Å². The minimum Gasteiger partial charge on any atom is -0.465 e. The van der Waals surface area contributed by atoms with Gasteiger partial charge in [0, 0.05) is 25.7 Å². The quantitative estimate of drug-likeness (QED) is 0.762. The lowest BCUT2D eigenvalue weighted by Crippen LogP contribution is -2.30. The Balaban J connectivity index is 1.81. The van der Waals surface area contributed by atoms with E-state index in [4.69, 9.17) is 4.42 Å². The molecule has 1 unspecified atom stereocenters. The fourth-order valence-corrected chi connectivity index (χ4v) is 2.40. The van der Waals surface area contributed by atoms with Crippen LogP contribution in [0.2, 0.25) is 0 Å². The normalized spacial score (nSPS) is 19.7. The van der Waals surface area contributed by atoms with Gasteiger partial charge in [0.25, 0.3) is 0 Å². The summed E-state index contributed by atoms with van der Waals surface area (Å²) in [4.78, 5) is 16.3. The number of nitrogens with zero attached hydrogens (tertiary/aromatic N) is 2. The zero-order valence-electron chi connectivity index (χ0n) is 11.7. The lowest BCUT2D eigenvalue weighted by atomic mass is 10.1. The Labute approximate surface area is 114 Å². The van der Waals surface area contributed by atoms with Crippen molar-refractivity contribution in [1.82, 2.24) is 9.80 Å². The van der Waals surface area contributed by atoms with Gasteiger partial charge >= 0.3 is 0 Å². The van der Waals surface area contributed by atoms with E-state index >= 15 is 0 Å². The van der Waals surface area contributed by atoms with Gasteiger partial charge in [0.05, 0.1) is 6.26 Å². The largest absolute Gasteiger partial charge is 0.465 e. The van der Waals surface area contributed by atoms with Crippen LogP contribution < -0.4 is 0 Å². The lowest BCUT2D eigenvalue weighted by molar-refractivity contribution is -0.125. The second-order valence-corrected chi connectivity index (χ2v) is 5.14. The van der Waals surface area contributed by atoms with Gasteiger partial charge in [-0.3, -0.25) is 4.79 Å². The summed E-state index contributed by atoms with van der Waals surface area (Å²) < 4.78 is 5.17. The third-order valence-electron chi connectivity index (χ3n) is 3.64. The number of rotatable bonds is 5. The maximum absolute atomic E-state index is 12.0. The van der Waals surface area contributed by atoms with Crippen LogP contribution in [-0.2, 0) is 4.79 Å². The van der Waals surface area contributed by atoms with Crippen molar-refractivity contribution < 1.29 is 9.21 Å². The predicted molar refractivity (Wildman–Crippen MR) is 75.6 cm³/mol. The molecule has 2 rings (SSSR count). The van der Waals surface area contributed by atoms with Crippen molar-refractivity contribution in [1.29, 1.82) is 0 Å². The first-order chi connectivity index (χ1) is 9.19. The summed E-state index contributed by atoms with van der Waals surface area (Å²) in [5.41, 5.74) is 0. The molecule has 1 aliphatic heterocycles. The Bertz CT molecular complexity index is 425. The van der Waals surface area contributed by atoms with E-state index in [9.17, 15) is 4.79 Å².